The van der Waals surface area contributed by atoms with Crippen LogP contribution in [0.2, 0.25) is 0 Å². The van der Waals surface area contributed by atoms with Gasteiger partial charge in [-0.3, -0.25) is 4.79 Å². The Labute approximate surface area is 136 Å². The fourth-order valence-corrected chi connectivity index (χ4v) is 2.03. The minimum absolute atomic E-state index is 0.0455. The monoisotopic (exact) mass is 317 g/mol. The Morgan fingerprint density at radius 1 is 1.52 bits per heavy atom. The standard InChI is InChI=1S/C17H23N3O3/c1-4-23-16-6-5-12(2)9-15(16)13(3)20-17(22)14(10-18)11-19-7-8-21/h5-6,9,11,13,19,21H,4,7-8H2,1-3H3,(H,20,22)/b14-11-. The van der Waals surface area contributed by atoms with E-state index in [1.165, 1.54) is 6.20 Å². The molecule has 1 atom stereocenters. The van der Waals surface area contributed by atoms with Gasteiger partial charge >= 0.3 is 0 Å². The van der Waals surface area contributed by atoms with Gasteiger partial charge in [0, 0.05) is 18.3 Å². The van der Waals surface area contributed by atoms with Crippen molar-refractivity contribution in [3.05, 3.63) is 41.1 Å². The molecule has 6 nitrogen and oxygen atoms in total. The van der Waals surface area contributed by atoms with Crippen LogP contribution in [0, 0.1) is 18.3 Å². The molecule has 1 aromatic rings. The maximum atomic E-state index is 12.2. The summed E-state index contributed by atoms with van der Waals surface area (Å²) in [5, 5.41) is 23.2. The van der Waals surface area contributed by atoms with Crippen LogP contribution < -0.4 is 15.4 Å². The predicted molar refractivity (Wildman–Crippen MR) is 87.7 cm³/mol. The quantitative estimate of drug-likeness (QED) is 0.384. The summed E-state index contributed by atoms with van der Waals surface area (Å²) < 4.78 is 5.59. The van der Waals surface area contributed by atoms with Gasteiger partial charge in [0.2, 0.25) is 0 Å². The maximum Gasteiger partial charge on any atom is 0.263 e. The van der Waals surface area contributed by atoms with Crippen LogP contribution in [0.15, 0.2) is 30.0 Å². The van der Waals surface area contributed by atoms with Crippen molar-refractivity contribution in [3.8, 4) is 11.8 Å². The zero-order chi connectivity index (χ0) is 17.2. The number of aliphatic hydroxyl groups excluding tert-OH is 1. The Morgan fingerprint density at radius 2 is 2.26 bits per heavy atom. The van der Waals surface area contributed by atoms with E-state index in [1.54, 1.807) is 0 Å². The lowest BCUT2D eigenvalue weighted by molar-refractivity contribution is -0.117. The van der Waals surface area contributed by atoms with E-state index in [4.69, 9.17) is 15.1 Å². The number of nitrogens with one attached hydrogen (secondary N) is 2. The number of aliphatic hydroxyl groups is 1. The van der Waals surface area contributed by atoms with Crippen LogP contribution in [0.1, 0.15) is 31.0 Å². The highest BCUT2D eigenvalue weighted by molar-refractivity contribution is 5.97. The molecule has 0 aromatic heterocycles. The average Bonchev–Trinajstić information content (AvgIpc) is 2.53. The number of hydrogen-bond donors (Lipinski definition) is 3. The van der Waals surface area contributed by atoms with Gasteiger partial charge in [0.25, 0.3) is 5.91 Å². The van der Waals surface area contributed by atoms with Gasteiger partial charge in [0.1, 0.15) is 17.4 Å². The third-order valence-electron chi connectivity index (χ3n) is 3.15. The first-order valence-corrected chi connectivity index (χ1v) is 7.52. The highest BCUT2D eigenvalue weighted by Crippen LogP contribution is 2.26. The van der Waals surface area contributed by atoms with E-state index in [1.807, 2.05) is 45.0 Å². The highest BCUT2D eigenvalue weighted by Gasteiger charge is 2.17. The van der Waals surface area contributed by atoms with Crippen LogP contribution in [0.3, 0.4) is 0 Å². The summed E-state index contributed by atoms with van der Waals surface area (Å²) in [7, 11) is 0. The van der Waals surface area contributed by atoms with E-state index < -0.39 is 5.91 Å². The second kappa shape index (κ2) is 9.49. The van der Waals surface area contributed by atoms with Crippen LogP contribution >= 0.6 is 0 Å². The Bertz CT molecular complexity index is 606. The maximum absolute atomic E-state index is 12.2. The average molecular weight is 317 g/mol. The van der Waals surface area contributed by atoms with Crippen LogP contribution in [0.4, 0.5) is 0 Å². The number of ether oxygens (including phenoxy) is 1. The topological polar surface area (TPSA) is 94.4 Å². The first-order valence-electron chi connectivity index (χ1n) is 7.52. The number of carbonyl (C=O) groups excluding carboxylic acids is 1. The molecule has 0 saturated heterocycles. The molecule has 1 unspecified atom stereocenters. The molecule has 124 valence electrons. The van der Waals surface area contributed by atoms with E-state index in [-0.39, 0.29) is 24.8 Å². The molecule has 3 N–H and O–H groups in total. The molecule has 0 saturated carbocycles. The molecular weight excluding hydrogens is 294 g/mol. The number of nitriles is 1. The van der Waals surface area contributed by atoms with E-state index in [9.17, 15) is 4.79 Å². The molecule has 1 rings (SSSR count). The zero-order valence-electron chi connectivity index (χ0n) is 13.7. The molecule has 0 radical (unpaired) electrons. The number of hydrogen-bond acceptors (Lipinski definition) is 5. The van der Waals surface area contributed by atoms with Crippen molar-refractivity contribution in [3.63, 3.8) is 0 Å². The first kappa shape index (κ1) is 18.5. The molecule has 0 aliphatic heterocycles. The smallest absolute Gasteiger partial charge is 0.263 e. The minimum Gasteiger partial charge on any atom is -0.494 e. The third-order valence-corrected chi connectivity index (χ3v) is 3.15. The summed E-state index contributed by atoms with van der Waals surface area (Å²) in [6.45, 7) is 6.44. The second-order valence-corrected chi connectivity index (χ2v) is 5.02. The van der Waals surface area contributed by atoms with Gasteiger partial charge in [0.05, 0.1) is 19.3 Å². The number of carbonyl (C=O) groups is 1. The van der Waals surface area contributed by atoms with Crippen LogP contribution in [0.5, 0.6) is 5.75 Å². The molecule has 0 spiro atoms. The van der Waals surface area contributed by atoms with E-state index in [0.717, 1.165) is 11.1 Å². The van der Waals surface area contributed by atoms with Gasteiger partial charge in [-0.2, -0.15) is 5.26 Å². The molecule has 23 heavy (non-hydrogen) atoms. The van der Waals surface area contributed by atoms with Gasteiger partial charge < -0.3 is 20.5 Å². The molecule has 0 aliphatic carbocycles. The SMILES string of the molecule is CCOc1ccc(C)cc1C(C)NC(=O)/C(C#N)=C\NCCO. The number of nitrogens with zero attached hydrogens (tertiary/aromatic N) is 1. The second-order valence-electron chi connectivity index (χ2n) is 5.02. The largest absolute Gasteiger partial charge is 0.494 e. The Balaban J connectivity index is 2.88. The lowest BCUT2D eigenvalue weighted by Crippen LogP contribution is -2.29. The molecule has 0 fully saturated rings. The van der Waals surface area contributed by atoms with Gasteiger partial charge in [-0.15, -0.1) is 0 Å². The summed E-state index contributed by atoms with van der Waals surface area (Å²) in [4.78, 5) is 12.2. The fourth-order valence-electron chi connectivity index (χ4n) is 2.03. The van der Waals surface area contributed by atoms with Crippen molar-refractivity contribution < 1.29 is 14.6 Å². The van der Waals surface area contributed by atoms with Crippen molar-refractivity contribution in [1.82, 2.24) is 10.6 Å². The molecule has 0 aliphatic rings. The van der Waals surface area contributed by atoms with Gasteiger partial charge in [0.15, 0.2) is 0 Å². The zero-order valence-corrected chi connectivity index (χ0v) is 13.7. The summed E-state index contributed by atoms with van der Waals surface area (Å²) in [5.74, 6) is 0.237. The number of aryl methyl sites for hydroxylation is 1. The van der Waals surface area contributed by atoms with Crippen LogP contribution in [-0.2, 0) is 4.79 Å². The lowest BCUT2D eigenvalue weighted by Gasteiger charge is -2.18. The third kappa shape index (κ3) is 5.64. The van der Waals surface area contributed by atoms with Gasteiger partial charge in [-0.25, -0.2) is 0 Å². The lowest BCUT2D eigenvalue weighted by atomic mass is 10.0. The molecule has 6 heteroatoms. The van der Waals surface area contributed by atoms with E-state index in [0.29, 0.717) is 12.4 Å². The summed E-state index contributed by atoms with van der Waals surface area (Å²) in [5.41, 5.74) is 1.88. The molecule has 0 bridgehead atoms. The van der Waals surface area contributed by atoms with Gasteiger partial charge in [-0.05, 0) is 26.8 Å². The molecule has 0 heterocycles. The predicted octanol–water partition coefficient (Wildman–Crippen LogP) is 1.56. The normalized spacial score (nSPS) is 12.2. The summed E-state index contributed by atoms with van der Waals surface area (Å²) >= 11 is 0. The van der Waals surface area contributed by atoms with Crippen LogP contribution in [0.25, 0.3) is 0 Å². The first-order chi connectivity index (χ1) is 11.0. The highest BCUT2D eigenvalue weighted by atomic mass is 16.5. The minimum atomic E-state index is -0.477. The number of amides is 1. The molecule has 1 aromatic carbocycles. The van der Waals surface area contributed by atoms with Crippen molar-refractivity contribution in [2.45, 2.75) is 26.8 Å². The van der Waals surface area contributed by atoms with E-state index >= 15 is 0 Å². The van der Waals surface area contributed by atoms with Gasteiger partial charge in [-0.1, -0.05) is 17.7 Å². The van der Waals surface area contributed by atoms with Crippen LogP contribution in [-0.4, -0.2) is 30.8 Å². The Hall–Kier alpha value is -2.52. The van der Waals surface area contributed by atoms with Crippen molar-refractivity contribution >= 4 is 5.91 Å². The molecular formula is C17H23N3O3. The van der Waals surface area contributed by atoms with Crippen molar-refractivity contribution in [2.24, 2.45) is 0 Å². The molecule has 1 amide bonds. The van der Waals surface area contributed by atoms with E-state index in [2.05, 4.69) is 10.6 Å². The number of benzene rings is 1. The summed E-state index contributed by atoms with van der Waals surface area (Å²) in [6.07, 6.45) is 1.30. The van der Waals surface area contributed by atoms with Crippen molar-refractivity contribution in [1.29, 1.82) is 5.26 Å². The summed E-state index contributed by atoms with van der Waals surface area (Å²) in [6, 6.07) is 7.31. The Kier molecular flexibility index (Phi) is 7.64. The number of rotatable bonds is 8. The fraction of sp³-hybridized carbons (Fsp3) is 0.412. The Morgan fingerprint density at radius 3 is 2.87 bits per heavy atom. The van der Waals surface area contributed by atoms with Crippen molar-refractivity contribution in [2.75, 3.05) is 19.8 Å².